The van der Waals surface area contributed by atoms with E-state index < -0.39 is 0 Å². The molecule has 0 aromatic heterocycles. The minimum absolute atomic E-state index is 0.112. The number of piperidine rings is 1. The van der Waals surface area contributed by atoms with Crippen LogP contribution in [-0.2, 0) is 0 Å². The van der Waals surface area contributed by atoms with Crippen molar-refractivity contribution >= 4 is 0 Å². The third-order valence-corrected chi connectivity index (χ3v) is 2.36. The topological polar surface area (TPSA) is 23.5 Å². The van der Waals surface area contributed by atoms with Crippen LogP contribution in [-0.4, -0.2) is 35.7 Å². The van der Waals surface area contributed by atoms with Crippen molar-refractivity contribution in [2.24, 2.45) is 5.92 Å². The summed E-state index contributed by atoms with van der Waals surface area (Å²) >= 11 is 0. The highest BCUT2D eigenvalue weighted by molar-refractivity contribution is 4.78. The lowest BCUT2D eigenvalue weighted by Crippen LogP contribution is -2.42. The van der Waals surface area contributed by atoms with Gasteiger partial charge in [-0.15, -0.1) is 6.58 Å². The van der Waals surface area contributed by atoms with Crippen molar-refractivity contribution in [1.29, 1.82) is 0 Å². The van der Waals surface area contributed by atoms with Crippen LogP contribution in [0.5, 0.6) is 0 Å². The average molecular weight is 169 g/mol. The van der Waals surface area contributed by atoms with Gasteiger partial charge >= 0.3 is 0 Å². The van der Waals surface area contributed by atoms with Crippen molar-refractivity contribution < 1.29 is 5.11 Å². The van der Waals surface area contributed by atoms with Crippen molar-refractivity contribution in [2.75, 3.05) is 19.6 Å². The van der Waals surface area contributed by atoms with E-state index in [1.165, 1.54) is 0 Å². The van der Waals surface area contributed by atoms with Gasteiger partial charge in [-0.1, -0.05) is 13.0 Å². The molecule has 1 rings (SSSR count). The summed E-state index contributed by atoms with van der Waals surface area (Å²) in [6.45, 7) is 8.91. The predicted octanol–water partition coefficient (Wildman–Crippen LogP) is 1.27. The summed E-state index contributed by atoms with van der Waals surface area (Å²) in [6, 6.07) is 0. The molecule has 0 radical (unpaired) electrons. The molecule has 2 nitrogen and oxygen atoms in total. The first-order chi connectivity index (χ1) is 5.72. The molecule has 0 saturated carbocycles. The zero-order chi connectivity index (χ0) is 8.97. The Bertz CT molecular complexity index is 137. The minimum Gasteiger partial charge on any atom is -0.392 e. The molecular weight excluding hydrogens is 150 g/mol. The fraction of sp³-hybridized carbons (Fsp3) is 0.800. The first-order valence-corrected chi connectivity index (χ1v) is 4.73. The number of hydrogen-bond acceptors (Lipinski definition) is 2. The van der Waals surface area contributed by atoms with Gasteiger partial charge in [-0.05, 0) is 18.8 Å². The van der Waals surface area contributed by atoms with Gasteiger partial charge in [0, 0.05) is 19.6 Å². The van der Waals surface area contributed by atoms with Gasteiger partial charge in [-0.3, -0.25) is 0 Å². The van der Waals surface area contributed by atoms with E-state index in [2.05, 4.69) is 18.4 Å². The molecule has 0 bridgehead atoms. The first-order valence-electron chi connectivity index (χ1n) is 4.73. The monoisotopic (exact) mass is 169 g/mol. The molecule has 0 amide bonds. The summed E-state index contributed by atoms with van der Waals surface area (Å²) < 4.78 is 0. The van der Waals surface area contributed by atoms with Crippen LogP contribution < -0.4 is 0 Å². The number of nitrogens with zero attached hydrogens (tertiary/aromatic N) is 1. The third-order valence-electron chi connectivity index (χ3n) is 2.36. The van der Waals surface area contributed by atoms with Crippen LogP contribution in [0.3, 0.4) is 0 Å². The van der Waals surface area contributed by atoms with E-state index in [1.54, 1.807) is 0 Å². The lowest BCUT2D eigenvalue weighted by atomic mass is 9.98. The Labute approximate surface area is 74.9 Å². The molecule has 0 aliphatic carbocycles. The molecule has 0 spiro atoms. The van der Waals surface area contributed by atoms with Gasteiger partial charge in [-0.25, -0.2) is 0 Å². The Morgan fingerprint density at radius 2 is 2.33 bits per heavy atom. The van der Waals surface area contributed by atoms with Crippen LogP contribution in [0.15, 0.2) is 12.7 Å². The zero-order valence-electron chi connectivity index (χ0n) is 7.87. The summed E-state index contributed by atoms with van der Waals surface area (Å²) in [6.07, 6.45) is 3.81. The SMILES string of the molecule is C=CCCN1C[C@H](C)C[C@H](O)C1. The molecule has 2 heteroatoms. The van der Waals surface area contributed by atoms with Crippen molar-refractivity contribution in [2.45, 2.75) is 25.9 Å². The van der Waals surface area contributed by atoms with Crippen molar-refractivity contribution in [3.05, 3.63) is 12.7 Å². The van der Waals surface area contributed by atoms with Gasteiger partial charge in [0.25, 0.3) is 0 Å². The van der Waals surface area contributed by atoms with Crippen LogP contribution in [0.4, 0.5) is 0 Å². The fourth-order valence-electron chi connectivity index (χ4n) is 1.88. The average Bonchev–Trinajstić information content (AvgIpc) is 1.99. The number of hydrogen-bond donors (Lipinski definition) is 1. The summed E-state index contributed by atoms with van der Waals surface area (Å²) in [5.74, 6) is 0.638. The van der Waals surface area contributed by atoms with E-state index in [9.17, 15) is 5.11 Å². The van der Waals surface area contributed by atoms with Crippen LogP contribution in [0.25, 0.3) is 0 Å². The number of rotatable bonds is 3. The number of likely N-dealkylation sites (tertiary alicyclic amines) is 1. The van der Waals surface area contributed by atoms with Crippen molar-refractivity contribution in [1.82, 2.24) is 4.90 Å². The second-order valence-corrected chi connectivity index (χ2v) is 3.83. The highest BCUT2D eigenvalue weighted by Crippen LogP contribution is 2.15. The molecule has 0 aromatic carbocycles. The third kappa shape index (κ3) is 2.95. The standard InChI is InChI=1S/C10H19NO/c1-3-4-5-11-7-9(2)6-10(12)8-11/h3,9-10,12H,1,4-8H2,2H3/t9-,10+/m1/s1. The van der Waals surface area contributed by atoms with E-state index in [4.69, 9.17) is 0 Å². The van der Waals surface area contributed by atoms with Gasteiger partial charge in [0.1, 0.15) is 0 Å². The van der Waals surface area contributed by atoms with Gasteiger partial charge in [0.2, 0.25) is 0 Å². The highest BCUT2D eigenvalue weighted by atomic mass is 16.3. The van der Waals surface area contributed by atoms with Crippen molar-refractivity contribution in [3.8, 4) is 0 Å². The summed E-state index contributed by atoms with van der Waals surface area (Å²) in [5.41, 5.74) is 0. The maximum Gasteiger partial charge on any atom is 0.0670 e. The lowest BCUT2D eigenvalue weighted by molar-refractivity contribution is 0.0457. The molecule has 0 aromatic rings. The van der Waals surface area contributed by atoms with Crippen LogP contribution in [0.1, 0.15) is 19.8 Å². The summed E-state index contributed by atoms with van der Waals surface area (Å²) in [5, 5.41) is 9.48. The molecule has 1 heterocycles. The van der Waals surface area contributed by atoms with E-state index in [0.29, 0.717) is 5.92 Å². The Morgan fingerprint density at radius 1 is 1.58 bits per heavy atom. The summed E-state index contributed by atoms with van der Waals surface area (Å²) in [4.78, 5) is 2.32. The molecule has 70 valence electrons. The quantitative estimate of drug-likeness (QED) is 0.643. The zero-order valence-corrected chi connectivity index (χ0v) is 7.87. The van der Waals surface area contributed by atoms with Crippen LogP contribution in [0.2, 0.25) is 0 Å². The number of β-amino-alcohol motifs (C(OH)–C–C–N with tert-alkyl or cyclic N) is 1. The largest absolute Gasteiger partial charge is 0.392 e. The maximum absolute atomic E-state index is 9.48. The van der Waals surface area contributed by atoms with E-state index in [1.807, 2.05) is 6.08 Å². The van der Waals surface area contributed by atoms with Gasteiger partial charge in [-0.2, -0.15) is 0 Å². The van der Waals surface area contributed by atoms with Crippen molar-refractivity contribution in [3.63, 3.8) is 0 Å². The Kier molecular flexibility index (Phi) is 3.76. The van der Waals surface area contributed by atoms with E-state index in [-0.39, 0.29) is 6.10 Å². The predicted molar refractivity (Wildman–Crippen MR) is 51.0 cm³/mol. The second-order valence-electron chi connectivity index (χ2n) is 3.83. The van der Waals surface area contributed by atoms with Gasteiger partial charge < -0.3 is 10.0 Å². The molecule has 1 saturated heterocycles. The Hall–Kier alpha value is -0.340. The van der Waals surface area contributed by atoms with Gasteiger partial charge in [0.15, 0.2) is 0 Å². The molecule has 1 aliphatic heterocycles. The van der Waals surface area contributed by atoms with E-state index in [0.717, 1.165) is 32.5 Å². The molecule has 12 heavy (non-hydrogen) atoms. The van der Waals surface area contributed by atoms with Crippen LogP contribution >= 0.6 is 0 Å². The summed E-state index contributed by atoms with van der Waals surface area (Å²) in [7, 11) is 0. The molecule has 1 fully saturated rings. The molecule has 0 unspecified atom stereocenters. The van der Waals surface area contributed by atoms with E-state index >= 15 is 0 Å². The number of aliphatic hydroxyl groups excluding tert-OH is 1. The number of aliphatic hydroxyl groups is 1. The smallest absolute Gasteiger partial charge is 0.0670 e. The molecule has 2 atom stereocenters. The normalized spacial score (nSPS) is 31.8. The Morgan fingerprint density at radius 3 is 2.92 bits per heavy atom. The fourth-order valence-corrected chi connectivity index (χ4v) is 1.88. The molecule has 1 aliphatic rings. The molecular formula is C10H19NO. The van der Waals surface area contributed by atoms with Gasteiger partial charge in [0.05, 0.1) is 6.10 Å². The molecule has 1 N–H and O–H groups in total. The highest BCUT2D eigenvalue weighted by Gasteiger charge is 2.21. The first kappa shape index (κ1) is 9.75. The lowest BCUT2D eigenvalue weighted by Gasteiger charge is -2.33. The van der Waals surface area contributed by atoms with Crippen LogP contribution in [0, 0.1) is 5.92 Å². The minimum atomic E-state index is -0.112. The Balaban J connectivity index is 2.28. The maximum atomic E-state index is 9.48. The second kappa shape index (κ2) is 4.63.